The van der Waals surface area contributed by atoms with Crippen LogP contribution in [0, 0.1) is 0 Å². The standard InChI is InChI=1S/C27H26ClN3O3S/c1-4-16(3)18-9-13-24-23(14-18)29-26(34-24)19-8-12-21(28)22(15-19)30-27(35)31-25(32)17-6-10-20(11-7-17)33-5-2/h6-16H,4-5H2,1-3H3,(H2,30,31,32,35)/t16-/m0/s1. The van der Waals surface area contributed by atoms with Crippen LogP contribution in [0.5, 0.6) is 5.75 Å². The number of halogens is 1. The highest BCUT2D eigenvalue weighted by Gasteiger charge is 2.14. The smallest absolute Gasteiger partial charge is 0.257 e. The van der Waals surface area contributed by atoms with Gasteiger partial charge in [0.1, 0.15) is 11.3 Å². The van der Waals surface area contributed by atoms with E-state index in [1.165, 1.54) is 5.56 Å². The van der Waals surface area contributed by atoms with E-state index in [1.54, 1.807) is 36.4 Å². The average molecular weight is 508 g/mol. The molecular weight excluding hydrogens is 482 g/mol. The van der Waals surface area contributed by atoms with Crippen LogP contribution in [0.25, 0.3) is 22.6 Å². The molecule has 3 aromatic carbocycles. The number of fused-ring (bicyclic) bond motifs is 1. The van der Waals surface area contributed by atoms with Crippen molar-refractivity contribution < 1.29 is 13.9 Å². The number of benzene rings is 3. The van der Waals surface area contributed by atoms with E-state index in [1.807, 2.05) is 19.1 Å². The molecule has 8 heteroatoms. The quantitative estimate of drug-likeness (QED) is 0.258. The van der Waals surface area contributed by atoms with Crippen LogP contribution >= 0.6 is 23.8 Å². The number of anilines is 1. The number of rotatable bonds is 7. The van der Waals surface area contributed by atoms with E-state index >= 15 is 0 Å². The lowest BCUT2D eigenvalue weighted by molar-refractivity contribution is 0.0977. The monoisotopic (exact) mass is 507 g/mol. The minimum Gasteiger partial charge on any atom is -0.494 e. The first kappa shape index (κ1) is 24.7. The minimum atomic E-state index is -0.339. The molecule has 4 aromatic rings. The summed E-state index contributed by atoms with van der Waals surface area (Å²) in [7, 11) is 0. The predicted octanol–water partition coefficient (Wildman–Crippen LogP) is 7.19. The van der Waals surface area contributed by atoms with E-state index in [4.69, 9.17) is 33.0 Å². The largest absolute Gasteiger partial charge is 0.494 e. The molecule has 0 spiro atoms. The lowest BCUT2D eigenvalue weighted by Crippen LogP contribution is -2.34. The number of aromatic nitrogens is 1. The van der Waals surface area contributed by atoms with Gasteiger partial charge in [-0.1, -0.05) is 31.5 Å². The highest BCUT2D eigenvalue weighted by Crippen LogP contribution is 2.31. The Balaban J connectivity index is 1.49. The van der Waals surface area contributed by atoms with E-state index in [0.717, 1.165) is 23.1 Å². The van der Waals surface area contributed by atoms with E-state index in [-0.39, 0.29) is 11.0 Å². The molecule has 0 radical (unpaired) electrons. The number of nitrogens with zero attached hydrogens (tertiary/aromatic N) is 1. The Morgan fingerprint density at radius 3 is 2.60 bits per heavy atom. The van der Waals surface area contributed by atoms with Crippen molar-refractivity contribution >= 4 is 51.6 Å². The zero-order valence-corrected chi connectivity index (χ0v) is 21.3. The lowest BCUT2D eigenvalue weighted by atomic mass is 9.98. The number of thiocarbonyl (C=S) groups is 1. The van der Waals surface area contributed by atoms with Crippen molar-refractivity contribution in [3.05, 3.63) is 76.8 Å². The van der Waals surface area contributed by atoms with E-state index in [9.17, 15) is 4.79 Å². The first-order valence-corrected chi connectivity index (χ1v) is 12.2. The van der Waals surface area contributed by atoms with Crippen LogP contribution in [0.1, 0.15) is 49.0 Å². The number of carbonyl (C=O) groups is 1. The Bertz CT molecular complexity index is 1370. The molecule has 0 bridgehead atoms. The van der Waals surface area contributed by atoms with E-state index < -0.39 is 0 Å². The number of carbonyl (C=O) groups excluding carboxylic acids is 1. The number of hydrogen-bond donors (Lipinski definition) is 2. The topological polar surface area (TPSA) is 76.4 Å². The number of ether oxygens (including phenoxy) is 1. The molecule has 0 saturated heterocycles. The third-order valence-electron chi connectivity index (χ3n) is 5.71. The molecule has 1 atom stereocenters. The van der Waals surface area contributed by atoms with Crippen LogP contribution in [0.15, 0.2) is 65.1 Å². The maximum atomic E-state index is 12.5. The molecule has 1 amide bonds. The van der Waals surface area contributed by atoms with Gasteiger partial charge in [0.05, 0.1) is 17.3 Å². The van der Waals surface area contributed by atoms with Crippen molar-refractivity contribution in [3.8, 4) is 17.2 Å². The summed E-state index contributed by atoms with van der Waals surface area (Å²) >= 11 is 11.7. The van der Waals surface area contributed by atoms with Crippen molar-refractivity contribution in [2.45, 2.75) is 33.1 Å². The number of oxazole rings is 1. The van der Waals surface area contributed by atoms with Crippen LogP contribution in [0.4, 0.5) is 5.69 Å². The van der Waals surface area contributed by atoms with Crippen molar-refractivity contribution in [1.29, 1.82) is 0 Å². The highest BCUT2D eigenvalue weighted by molar-refractivity contribution is 7.80. The predicted molar refractivity (Wildman–Crippen MR) is 144 cm³/mol. The number of hydrogen-bond acceptors (Lipinski definition) is 5. The molecule has 1 heterocycles. The fourth-order valence-corrected chi connectivity index (χ4v) is 3.93. The van der Waals surface area contributed by atoms with Gasteiger partial charge < -0.3 is 14.5 Å². The van der Waals surface area contributed by atoms with Crippen molar-refractivity contribution in [2.75, 3.05) is 11.9 Å². The van der Waals surface area contributed by atoms with Gasteiger partial charge >= 0.3 is 0 Å². The molecule has 6 nitrogen and oxygen atoms in total. The van der Waals surface area contributed by atoms with Gasteiger partial charge in [-0.2, -0.15) is 0 Å². The maximum absolute atomic E-state index is 12.5. The molecule has 0 aliphatic rings. The second kappa shape index (κ2) is 10.9. The Morgan fingerprint density at radius 1 is 1.11 bits per heavy atom. The molecular formula is C27H26ClN3O3S. The summed E-state index contributed by atoms with van der Waals surface area (Å²) in [5.41, 5.74) is 4.48. The average Bonchev–Trinajstić information content (AvgIpc) is 3.29. The second-order valence-electron chi connectivity index (χ2n) is 8.12. The number of nitrogens with one attached hydrogen (secondary N) is 2. The van der Waals surface area contributed by atoms with Gasteiger partial charge in [-0.3, -0.25) is 10.1 Å². The summed E-state index contributed by atoms with van der Waals surface area (Å²) in [6.07, 6.45) is 1.05. The summed E-state index contributed by atoms with van der Waals surface area (Å²) in [4.78, 5) is 17.2. The van der Waals surface area contributed by atoms with Crippen LogP contribution in [0.2, 0.25) is 5.02 Å². The van der Waals surface area contributed by atoms with Crippen molar-refractivity contribution in [3.63, 3.8) is 0 Å². The van der Waals surface area contributed by atoms with Crippen molar-refractivity contribution in [1.82, 2.24) is 10.3 Å². The van der Waals surface area contributed by atoms with E-state index in [0.29, 0.717) is 40.4 Å². The Kier molecular flexibility index (Phi) is 7.68. The van der Waals surface area contributed by atoms with Crippen LogP contribution in [-0.2, 0) is 0 Å². The van der Waals surface area contributed by atoms with Gasteiger partial charge in [-0.05, 0) is 91.6 Å². The molecule has 1 aromatic heterocycles. The second-order valence-corrected chi connectivity index (χ2v) is 8.93. The van der Waals surface area contributed by atoms with Gasteiger partial charge in [-0.25, -0.2) is 4.98 Å². The first-order valence-electron chi connectivity index (χ1n) is 11.4. The lowest BCUT2D eigenvalue weighted by Gasteiger charge is -2.12. The Morgan fingerprint density at radius 2 is 1.89 bits per heavy atom. The fourth-order valence-electron chi connectivity index (χ4n) is 3.56. The molecule has 0 aliphatic heterocycles. The molecule has 0 aliphatic carbocycles. The molecule has 0 saturated carbocycles. The molecule has 0 unspecified atom stereocenters. The van der Waals surface area contributed by atoms with Gasteiger partial charge in [0.25, 0.3) is 5.91 Å². The summed E-state index contributed by atoms with van der Waals surface area (Å²) in [6.45, 7) is 6.81. The minimum absolute atomic E-state index is 0.124. The molecule has 2 N–H and O–H groups in total. The third kappa shape index (κ3) is 5.81. The summed E-state index contributed by atoms with van der Waals surface area (Å²) in [6, 6.07) is 18.3. The summed E-state index contributed by atoms with van der Waals surface area (Å²) in [5.74, 6) is 1.28. The van der Waals surface area contributed by atoms with E-state index in [2.05, 4.69) is 41.6 Å². The SMILES string of the molecule is CCOc1ccc(C(=O)NC(=S)Nc2cc(-c3nc4cc([C@@H](C)CC)ccc4o3)ccc2Cl)cc1. The normalized spacial score (nSPS) is 11.8. The zero-order chi connectivity index (χ0) is 24.9. The number of amides is 1. The third-order valence-corrected chi connectivity index (χ3v) is 6.24. The molecule has 35 heavy (non-hydrogen) atoms. The van der Waals surface area contributed by atoms with Crippen molar-refractivity contribution in [2.24, 2.45) is 0 Å². The highest BCUT2D eigenvalue weighted by atomic mass is 35.5. The molecule has 0 fully saturated rings. The first-order chi connectivity index (χ1) is 16.9. The van der Waals surface area contributed by atoms with Crippen LogP contribution in [-0.4, -0.2) is 22.6 Å². The summed E-state index contributed by atoms with van der Waals surface area (Å²) in [5, 5.41) is 6.23. The molecule has 4 rings (SSSR count). The molecule has 180 valence electrons. The Labute approximate surface area is 214 Å². The Hall–Kier alpha value is -3.42. The zero-order valence-electron chi connectivity index (χ0n) is 19.7. The van der Waals surface area contributed by atoms with Crippen LogP contribution < -0.4 is 15.4 Å². The van der Waals surface area contributed by atoms with Gasteiger partial charge in [0.2, 0.25) is 5.89 Å². The van der Waals surface area contributed by atoms with Crippen LogP contribution in [0.3, 0.4) is 0 Å². The van der Waals surface area contributed by atoms with Gasteiger partial charge in [0.15, 0.2) is 10.7 Å². The van der Waals surface area contributed by atoms with Gasteiger partial charge in [0, 0.05) is 11.1 Å². The maximum Gasteiger partial charge on any atom is 0.257 e. The summed E-state index contributed by atoms with van der Waals surface area (Å²) < 4.78 is 11.4. The van der Waals surface area contributed by atoms with Gasteiger partial charge in [-0.15, -0.1) is 0 Å². The fraction of sp³-hybridized carbons (Fsp3) is 0.222.